The maximum Gasteiger partial charge on any atom is 0.308 e. The Labute approximate surface area is 84.4 Å². The highest BCUT2D eigenvalue weighted by molar-refractivity contribution is 5.96. The van der Waals surface area contributed by atoms with Gasteiger partial charge in [0, 0.05) is 6.54 Å². The molecule has 8 nitrogen and oxygen atoms in total. The van der Waals surface area contributed by atoms with Crippen LogP contribution in [-0.2, 0) is 4.79 Å². The van der Waals surface area contributed by atoms with Crippen molar-refractivity contribution in [2.45, 2.75) is 6.92 Å². The van der Waals surface area contributed by atoms with Crippen LogP contribution in [0.5, 0.6) is 0 Å². The summed E-state index contributed by atoms with van der Waals surface area (Å²) < 4.78 is 4.22. The highest BCUT2D eigenvalue weighted by Gasteiger charge is 2.18. The predicted molar refractivity (Wildman–Crippen MR) is 47.8 cm³/mol. The normalized spacial score (nSPS) is 12.1. The Morgan fingerprint density at radius 3 is 2.73 bits per heavy atom. The fourth-order valence-corrected chi connectivity index (χ4v) is 0.770. The predicted octanol–water partition coefficient (Wildman–Crippen LogP) is -0.898. The zero-order chi connectivity index (χ0) is 11.4. The first-order valence-electron chi connectivity index (χ1n) is 4.11. The van der Waals surface area contributed by atoms with Crippen LogP contribution in [-0.4, -0.2) is 33.8 Å². The zero-order valence-electron chi connectivity index (χ0n) is 7.93. The lowest BCUT2D eigenvalue weighted by Crippen LogP contribution is -2.32. The van der Waals surface area contributed by atoms with E-state index in [0.717, 1.165) is 0 Å². The number of carbonyl (C=O) groups excluding carboxylic acids is 1. The van der Waals surface area contributed by atoms with Gasteiger partial charge in [0.15, 0.2) is 0 Å². The molecule has 82 valence electrons. The van der Waals surface area contributed by atoms with E-state index in [1.54, 1.807) is 0 Å². The van der Waals surface area contributed by atoms with E-state index >= 15 is 0 Å². The van der Waals surface area contributed by atoms with Crippen molar-refractivity contribution in [2.75, 3.05) is 12.3 Å². The number of nitrogens with two attached hydrogens (primary N) is 1. The zero-order valence-corrected chi connectivity index (χ0v) is 7.93. The quantitative estimate of drug-likeness (QED) is 0.591. The average molecular weight is 214 g/mol. The van der Waals surface area contributed by atoms with Crippen LogP contribution < -0.4 is 11.1 Å². The summed E-state index contributed by atoms with van der Waals surface area (Å²) in [5, 5.41) is 17.4. The molecule has 0 aliphatic heterocycles. The van der Waals surface area contributed by atoms with Crippen molar-refractivity contribution in [2.24, 2.45) is 5.92 Å². The van der Waals surface area contributed by atoms with Gasteiger partial charge >= 0.3 is 5.97 Å². The number of carboxylic acid groups (broad SMARTS) is 1. The fourth-order valence-electron chi connectivity index (χ4n) is 0.770. The number of nitrogens with one attached hydrogen (secondary N) is 1. The molecule has 1 amide bonds. The molecular formula is C7H10N4O4. The number of rotatable bonds is 4. The van der Waals surface area contributed by atoms with Gasteiger partial charge in [0.1, 0.15) is 0 Å². The fraction of sp³-hybridized carbons (Fsp3) is 0.429. The van der Waals surface area contributed by atoms with Crippen LogP contribution in [0.25, 0.3) is 0 Å². The van der Waals surface area contributed by atoms with Crippen molar-refractivity contribution >= 4 is 17.7 Å². The van der Waals surface area contributed by atoms with Crippen LogP contribution in [0.2, 0.25) is 0 Å². The van der Waals surface area contributed by atoms with Crippen molar-refractivity contribution in [3.63, 3.8) is 0 Å². The van der Waals surface area contributed by atoms with Gasteiger partial charge < -0.3 is 16.2 Å². The molecule has 1 heterocycles. The van der Waals surface area contributed by atoms with Gasteiger partial charge in [-0.2, -0.15) is 0 Å². The van der Waals surface area contributed by atoms with Gasteiger partial charge in [-0.15, -0.1) is 0 Å². The number of nitrogen functional groups attached to an aromatic ring is 1. The van der Waals surface area contributed by atoms with Crippen molar-refractivity contribution < 1.29 is 19.3 Å². The molecule has 0 radical (unpaired) electrons. The monoisotopic (exact) mass is 214 g/mol. The van der Waals surface area contributed by atoms with Crippen molar-refractivity contribution in [3.8, 4) is 0 Å². The van der Waals surface area contributed by atoms with E-state index in [9.17, 15) is 9.59 Å². The van der Waals surface area contributed by atoms with Gasteiger partial charge in [0.05, 0.1) is 5.92 Å². The van der Waals surface area contributed by atoms with Gasteiger partial charge in [-0.1, -0.05) is 6.92 Å². The SMILES string of the molecule is CC(CNC(=O)c1nonc1N)C(=O)O. The van der Waals surface area contributed by atoms with Crippen molar-refractivity contribution in [1.29, 1.82) is 0 Å². The van der Waals surface area contributed by atoms with Crippen LogP contribution in [0, 0.1) is 5.92 Å². The van der Waals surface area contributed by atoms with Gasteiger partial charge in [-0.05, 0) is 10.3 Å². The van der Waals surface area contributed by atoms with Gasteiger partial charge in [-0.3, -0.25) is 9.59 Å². The number of nitrogens with zero attached hydrogens (tertiary/aromatic N) is 2. The van der Waals surface area contributed by atoms with E-state index < -0.39 is 17.8 Å². The largest absolute Gasteiger partial charge is 0.481 e. The summed E-state index contributed by atoms with van der Waals surface area (Å²) in [4.78, 5) is 21.7. The van der Waals surface area contributed by atoms with Gasteiger partial charge in [0.2, 0.25) is 11.5 Å². The van der Waals surface area contributed by atoms with Crippen molar-refractivity contribution in [1.82, 2.24) is 15.6 Å². The van der Waals surface area contributed by atoms with Gasteiger partial charge in [0.25, 0.3) is 5.91 Å². The number of carboxylic acids is 1. The molecule has 0 fully saturated rings. The number of amides is 1. The maximum absolute atomic E-state index is 11.3. The van der Waals surface area contributed by atoms with Crippen LogP contribution in [0.1, 0.15) is 17.4 Å². The van der Waals surface area contributed by atoms with Crippen LogP contribution in [0.15, 0.2) is 4.63 Å². The highest BCUT2D eigenvalue weighted by Crippen LogP contribution is 2.03. The number of carbonyl (C=O) groups is 2. The maximum atomic E-state index is 11.3. The Morgan fingerprint density at radius 1 is 1.60 bits per heavy atom. The topological polar surface area (TPSA) is 131 Å². The molecule has 0 saturated carbocycles. The summed E-state index contributed by atoms with van der Waals surface area (Å²) in [6.45, 7) is 1.45. The van der Waals surface area contributed by atoms with E-state index in [1.165, 1.54) is 6.92 Å². The second-order valence-corrected chi connectivity index (χ2v) is 2.95. The standard InChI is InChI=1S/C7H10N4O4/c1-3(7(13)14)2-9-6(12)4-5(8)11-15-10-4/h3H,2H2,1H3,(H2,8,11)(H,9,12)(H,13,14). The van der Waals surface area contributed by atoms with E-state index in [-0.39, 0.29) is 18.1 Å². The first-order chi connectivity index (χ1) is 7.02. The smallest absolute Gasteiger partial charge is 0.308 e. The molecule has 1 atom stereocenters. The molecule has 0 bridgehead atoms. The lowest BCUT2D eigenvalue weighted by atomic mass is 10.2. The molecule has 1 aromatic rings. The Bertz CT molecular complexity index is 375. The number of hydrogen-bond donors (Lipinski definition) is 3. The summed E-state index contributed by atoms with van der Waals surface area (Å²) in [7, 11) is 0. The molecule has 8 heteroatoms. The van der Waals surface area contributed by atoms with E-state index in [4.69, 9.17) is 10.8 Å². The molecule has 0 aliphatic rings. The lowest BCUT2D eigenvalue weighted by molar-refractivity contribution is -0.140. The number of anilines is 1. The number of hydrogen-bond acceptors (Lipinski definition) is 6. The molecule has 1 aromatic heterocycles. The molecule has 1 rings (SSSR count). The molecular weight excluding hydrogens is 204 g/mol. The Kier molecular flexibility index (Phi) is 3.21. The minimum absolute atomic E-state index is 0.0134. The van der Waals surface area contributed by atoms with E-state index in [2.05, 4.69) is 20.3 Å². The third kappa shape index (κ3) is 2.66. The Hall–Kier alpha value is -2.12. The molecule has 15 heavy (non-hydrogen) atoms. The summed E-state index contributed by atoms with van der Waals surface area (Å²) in [5.74, 6) is -2.42. The van der Waals surface area contributed by atoms with E-state index in [0.29, 0.717) is 0 Å². The first kappa shape index (κ1) is 11.0. The van der Waals surface area contributed by atoms with Crippen LogP contribution in [0.4, 0.5) is 5.82 Å². The third-order valence-electron chi connectivity index (χ3n) is 1.72. The minimum Gasteiger partial charge on any atom is -0.481 e. The molecule has 0 aliphatic carbocycles. The second kappa shape index (κ2) is 4.40. The lowest BCUT2D eigenvalue weighted by Gasteiger charge is -2.06. The number of aromatic nitrogens is 2. The number of aliphatic carboxylic acids is 1. The van der Waals surface area contributed by atoms with Crippen LogP contribution >= 0.6 is 0 Å². The molecule has 4 N–H and O–H groups in total. The Morgan fingerprint density at radius 2 is 2.27 bits per heavy atom. The summed E-state index contributed by atoms with van der Waals surface area (Å²) >= 11 is 0. The first-order valence-corrected chi connectivity index (χ1v) is 4.11. The summed E-state index contributed by atoms with van der Waals surface area (Å²) in [6.07, 6.45) is 0. The molecule has 0 aromatic carbocycles. The average Bonchev–Trinajstić information content (AvgIpc) is 2.60. The molecule has 0 saturated heterocycles. The van der Waals surface area contributed by atoms with Crippen LogP contribution in [0.3, 0.4) is 0 Å². The Balaban J connectivity index is 2.51. The summed E-state index contributed by atoms with van der Waals surface area (Å²) in [5.41, 5.74) is 5.12. The second-order valence-electron chi connectivity index (χ2n) is 2.95. The third-order valence-corrected chi connectivity index (χ3v) is 1.72. The minimum atomic E-state index is -0.999. The molecule has 0 spiro atoms. The van der Waals surface area contributed by atoms with Gasteiger partial charge in [-0.25, -0.2) is 4.63 Å². The van der Waals surface area contributed by atoms with E-state index in [1.807, 2.05) is 0 Å². The van der Waals surface area contributed by atoms with Crippen molar-refractivity contribution in [3.05, 3.63) is 5.69 Å². The molecule has 1 unspecified atom stereocenters. The highest BCUT2D eigenvalue weighted by atomic mass is 16.6. The summed E-state index contributed by atoms with van der Waals surface area (Å²) in [6, 6.07) is 0.